The molecule has 6 atom stereocenters. The third-order valence-corrected chi connectivity index (χ3v) is 8.21. The van der Waals surface area contributed by atoms with Gasteiger partial charge in [0.1, 0.15) is 0 Å². The van der Waals surface area contributed by atoms with Crippen molar-refractivity contribution in [1.29, 1.82) is 0 Å². The van der Waals surface area contributed by atoms with E-state index in [1.54, 1.807) is 5.57 Å². The van der Waals surface area contributed by atoms with E-state index in [0.29, 0.717) is 11.5 Å². The predicted molar refractivity (Wildman–Crippen MR) is 125 cm³/mol. The summed E-state index contributed by atoms with van der Waals surface area (Å²) in [4.78, 5) is 0. The second-order valence-corrected chi connectivity index (χ2v) is 10.2. The molecule has 0 aromatic carbocycles. The summed E-state index contributed by atoms with van der Waals surface area (Å²) in [6.45, 7) is 12.8. The highest BCUT2D eigenvalue weighted by Crippen LogP contribution is 2.55. The zero-order chi connectivity index (χ0) is 22.8. The Hall–Kier alpha value is -1.20. The monoisotopic (exact) mass is 430 g/mol. The number of allylic oxidation sites excluding steroid dienone is 5. The lowest BCUT2D eigenvalue weighted by atomic mass is 9.64. The Bertz CT molecular complexity index is 763. The summed E-state index contributed by atoms with van der Waals surface area (Å²) < 4.78 is 5.74. The molecule has 31 heavy (non-hydrogen) atoms. The molecule has 0 amide bonds. The lowest BCUT2D eigenvalue weighted by molar-refractivity contribution is -0.233. The van der Waals surface area contributed by atoms with Crippen LogP contribution < -0.4 is 0 Å². The highest BCUT2D eigenvalue weighted by atomic mass is 16.6. The first-order chi connectivity index (χ1) is 14.6. The van der Waals surface area contributed by atoms with Gasteiger partial charge in [0.25, 0.3) is 0 Å². The summed E-state index contributed by atoms with van der Waals surface area (Å²) in [5.41, 5.74) is 4.82. The van der Waals surface area contributed by atoms with Crippen molar-refractivity contribution < 1.29 is 20.1 Å². The molecular formula is C27H42O4. The lowest BCUT2D eigenvalue weighted by Crippen LogP contribution is -2.44. The van der Waals surface area contributed by atoms with Gasteiger partial charge < -0.3 is 20.1 Å². The molecule has 0 aliphatic heterocycles. The molecule has 4 nitrogen and oxygen atoms in total. The van der Waals surface area contributed by atoms with E-state index in [0.717, 1.165) is 31.3 Å². The van der Waals surface area contributed by atoms with Crippen LogP contribution in [0.2, 0.25) is 0 Å². The van der Waals surface area contributed by atoms with E-state index in [2.05, 4.69) is 32.6 Å². The fourth-order valence-corrected chi connectivity index (χ4v) is 5.74. The Morgan fingerprint density at radius 2 is 2.06 bits per heavy atom. The average molecular weight is 431 g/mol. The van der Waals surface area contributed by atoms with E-state index in [1.165, 1.54) is 18.4 Å². The number of hydrogen-bond donors (Lipinski definition) is 3. The largest absolute Gasteiger partial charge is 0.390 e. The van der Waals surface area contributed by atoms with E-state index in [-0.39, 0.29) is 30.8 Å². The summed E-state index contributed by atoms with van der Waals surface area (Å²) in [7, 11) is 0. The highest BCUT2D eigenvalue weighted by molar-refractivity contribution is 5.40. The number of fused-ring (bicyclic) bond motifs is 1. The van der Waals surface area contributed by atoms with Gasteiger partial charge in [-0.3, -0.25) is 0 Å². The fourth-order valence-electron chi connectivity index (χ4n) is 5.74. The summed E-state index contributed by atoms with van der Waals surface area (Å²) in [5.74, 6) is -0.832. The first-order valence-corrected chi connectivity index (χ1v) is 12.1. The normalized spacial score (nSPS) is 38.3. The molecule has 0 heterocycles. The molecule has 0 unspecified atom stereocenters. The van der Waals surface area contributed by atoms with Gasteiger partial charge in [0, 0.05) is 12.8 Å². The second kappa shape index (κ2) is 9.74. The molecule has 2 saturated carbocycles. The molecular weight excluding hydrogens is 388 g/mol. The molecule has 0 spiro atoms. The van der Waals surface area contributed by atoms with Crippen molar-refractivity contribution in [2.45, 2.75) is 97.1 Å². The molecule has 3 aliphatic carbocycles. The second-order valence-electron chi connectivity index (χ2n) is 10.2. The molecule has 3 rings (SSSR count). The number of aliphatic hydroxyl groups excluding tert-OH is 2. The van der Waals surface area contributed by atoms with Crippen molar-refractivity contribution in [2.75, 3.05) is 6.61 Å². The van der Waals surface area contributed by atoms with Crippen molar-refractivity contribution >= 4 is 0 Å². The van der Waals surface area contributed by atoms with Crippen LogP contribution in [0.5, 0.6) is 0 Å². The molecule has 0 saturated heterocycles. The van der Waals surface area contributed by atoms with Crippen LogP contribution >= 0.6 is 0 Å². The zero-order valence-corrected chi connectivity index (χ0v) is 19.9. The van der Waals surface area contributed by atoms with Crippen molar-refractivity contribution in [3.05, 3.63) is 47.1 Å². The van der Waals surface area contributed by atoms with E-state index in [1.807, 2.05) is 19.9 Å². The quantitative estimate of drug-likeness (QED) is 0.383. The minimum atomic E-state index is -1.48. The minimum Gasteiger partial charge on any atom is -0.390 e. The molecule has 4 heteroatoms. The topological polar surface area (TPSA) is 69.9 Å². The lowest BCUT2D eigenvalue weighted by Gasteiger charge is -2.41. The number of rotatable bonds is 7. The SMILES string of the molecule is C=C1C(=CC=C2CCC[C@]3(C)C(CC)=CC[C@@H]23)C[C@](O)(OC[C@@H](O)[C@@H](C)CC)C[C@@H]1O. The maximum Gasteiger partial charge on any atom is 0.172 e. The zero-order valence-electron chi connectivity index (χ0n) is 19.9. The summed E-state index contributed by atoms with van der Waals surface area (Å²) in [6.07, 6.45) is 12.2. The first-order valence-electron chi connectivity index (χ1n) is 12.1. The van der Waals surface area contributed by atoms with Crippen molar-refractivity contribution in [3.63, 3.8) is 0 Å². The molecule has 0 aromatic heterocycles. The van der Waals surface area contributed by atoms with Crippen molar-refractivity contribution in [1.82, 2.24) is 0 Å². The summed E-state index contributed by atoms with van der Waals surface area (Å²) in [6, 6.07) is 0. The van der Waals surface area contributed by atoms with Crippen LogP contribution in [0.1, 0.15) is 79.1 Å². The molecule has 3 N–H and O–H groups in total. The molecule has 3 aliphatic rings. The summed E-state index contributed by atoms with van der Waals surface area (Å²) >= 11 is 0. The third-order valence-electron chi connectivity index (χ3n) is 8.21. The number of ether oxygens (including phenoxy) is 1. The molecule has 174 valence electrons. The maximum atomic E-state index is 11.0. The van der Waals surface area contributed by atoms with Crippen LogP contribution in [0.3, 0.4) is 0 Å². The van der Waals surface area contributed by atoms with E-state index in [9.17, 15) is 15.3 Å². The van der Waals surface area contributed by atoms with Gasteiger partial charge in [0.15, 0.2) is 5.79 Å². The van der Waals surface area contributed by atoms with Crippen LogP contribution in [-0.2, 0) is 4.74 Å². The maximum absolute atomic E-state index is 11.0. The van der Waals surface area contributed by atoms with Gasteiger partial charge in [-0.1, -0.05) is 70.1 Å². The van der Waals surface area contributed by atoms with Gasteiger partial charge in [0.2, 0.25) is 0 Å². The Kier molecular flexibility index (Phi) is 7.68. The van der Waals surface area contributed by atoms with E-state index < -0.39 is 18.0 Å². The van der Waals surface area contributed by atoms with E-state index >= 15 is 0 Å². The molecule has 2 fully saturated rings. The van der Waals surface area contributed by atoms with Gasteiger partial charge in [-0.05, 0) is 60.5 Å². The van der Waals surface area contributed by atoms with E-state index in [4.69, 9.17) is 4.74 Å². The molecule has 0 bridgehead atoms. The third kappa shape index (κ3) is 5.08. The minimum absolute atomic E-state index is 0.0605. The average Bonchev–Trinajstić information content (AvgIpc) is 3.09. The van der Waals surface area contributed by atoms with Crippen LogP contribution in [-0.4, -0.2) is 39.9 Å². The standard InChI is InChI=1S/C27H42O4/c1-6-18(3)25(29)17-31-27(30)15-21(19(4)24(28)16-27)11-10-20-9-8-14-26(5)22(7-2)12-13-23(20)26/h10-12,18,23-25,28-30H,4,6-9,13-17H2,1-3,5H3/t18-,23-,24-,25+,26+,27-/m0/s1. The molecule has 0 aromatic rings. The van der Waals surface area contributed by atoms with Gasteiger partial charge in [-0.15, -0.1) is 0 Å². The van der Waals surface area contributed by atoms with Crippen molar-refractivity contribution in [3.8, 4) is 0 Å². The van der Waals surface area contributed by atoms with Gasteiger partial charge in [-0.25, -0.2) is 0 Å². The van der Waals surface area contributed by atoms with Gasteiger partial charge in [0.05, 0.1) is 18.8 Å². The Labute approximate surface area is 188 Å². The van der Waals surface area contributed by atoms with Crippen LogP contribution in [0.4, 0.5) is 0 Å². The number of aliphatic hydroxyl groups is 3. The summed E-state index contributed by atoms with van der Waals surface area (Å²) in [5, 5.41) is 31.8. The molecule has 0 radical (unpaired) electrons. The van der Waals surface area contributed by atoms with Crippen molar-refractivity contribution in [2.24, 2.45) is 17.3 Å². The van der Waals surface area contributed by atoms with Crippen LogP contribution in [0, 0.1) is 17.3 Å². The number of hydrogen-bond acceptors (Lipinski definition) is 4. The Morgan fingerprint density at radius 3 is 2.74 bits per heavy atom. The highest BCUT2D eigenvalue weighted by Gasteiger charge is 2.44. The fraction of sp³-hybridized carbons (Fsp3) is 0.704. The van der Waals surface area contributed by atoms with Crippen LogP contribution in [0.25, 0.3) is 0 Å². The van der Waals surface area contributed by atoms with Crippen LogP contribution in [0.15, 0.2) is 47.1 Å². The Morgan fingerprint density at radius 1 is 1.32 bits per heavy atom. The predicted octanol–water partition coefficient (Wildman–Crippen LogP) is 5.21. The van der Waals surface area contributed by atoms with Gasteiger partial charge >= 0.3 is 0 Å². The Balaban J connectivity index is 1.75. The first kappa shape index (κ1) is 24.4. The smallest absolute Gasteiger partial charge is 0.172 e. The van der Waals surface area contributed by atoms with Gasteiger partial charge in [-0.2, -0.15) is 0 Å².